The third-order valence-electron chi connectivity index (χ3n) is 2.09. The van der Waals surface area contributed by atoms with Crippen LogP contribution in [0.1, 0.15) is 27.9 Å². The molecule has 5 nitrogen and oxygen atoms in total. The van der Waals surface area contributed by atoms with Gasteiger partial charge in [-0.25, -0.2) is 9.78 Å². The minimum Gasteiger partial charge on any atom is -0.478 e. The van der Waals surface area contributed by atoms with Gasteiger partial charge in [-0.2, -0.15) is 0 Å². The van der Waals surface area contributed by atoms with Crippen molar-refractivity contribution >= 4 is 17.3 Å². The number of ketones is 1. The molecular formula is C10H8N2O3. The molecule has 2 aromatic rings. The van der Waals surface area contributed by atoms with Crippen molar-refractivity contribution in [3.8, 4) is 0 Å². The number of nitrogens with zero attached hydrogens (tertiary/aromatic N) is 2. The molecule has 0 atom stereocenters. The van der Waals surface area contributed by atoms with E-state index in [4.69, 9.17) is 5.11 Å². The number of rotatable bonds is 2. The number of imidazole rings is 1. The van der Waals surface area contributed by atoms with Crippen LogP contribution in [0.4, 0.5) is 0 Å². The van der Waals surface area contributed by atoms with Crippen LogP contribution in [0.25, 0.3) is 5.52 Å². The Labute approximate surface area is 85.0 Å². The fourth-order valence-corrected chi connectivity index (χ4v) is 1.39. The molecule has 0 aliphatic carbocycles. The lowest BCUT2D eigenvalue weighted by atomic mass is 10.2. The van der Waals surface area contributed by atoms with Crippen LogP contribution in [-0.2, 0) is 0 Å². The number of carboxylic acid groups (broad SMARTS) is 1. The number of carbonyl (C=O) groups excluding carboxylic acids is 1. The second-order valence-corrected chi connectivity index (χ2v) is 3.15. The van der Waals surface area contributed by atoms with Gasteiger partial charge < -0.3 is 5.11 Å². The highest BCUT2D eigenvalue weighted by atomic mass is 16.4. The largest absolute Gasteiger partial charge is 0.478 e. The Kier molecular flexibility index (Phi) is 2.00. The van der Waals surface area contributed by atoms with Gasteiger partial charge in [-0.15, -0.1) is 0 Å². The lowest BCUT2D eigenvalue weighted by Gasteiger charge is -1.98. The Bertz CT molecular complexity index is 557. The number of aromatic nitrogens is 2. The number of carboxylic acids is 1. The fraction of sp³-hybridized carbons (Fsp3) is 0.100. The topological polar surface area (TPSA) is 71.7 Å². The molecule has 0 spiro atoms. The van der Waals surface area contributed by atoms with E-state index in [-0.39, 0.29) is 11.3 Å². The third kappa shape index (κ3) is 1.48. The first kappa shape index (κ1) is 9.39. The highest BCUT2D eigenvalue weighted by Gasteiger charge is 2.10. The van der Waals surface area contributed by atoms with E-state index < -0.39 is 5.97 Å². The van der Waals surface area contributed by atoms with Crippen LogP contribution in [0.15, 0.2) is 24.5 Å². The minimum absolute atomic E-state index is 0.155. The summed E-state index contributed by atoms with van der Waals surface area (Å²) in [4.78, 5) is 25.7. The number of aromatic carboxylic acids is 1. The number of hydrogen-bond acceptors (Lipinski definition) is 3. The lowest BCUT2D eigenvalue weighted by Crippen LogP contribution is -2.02. The summed E-state index contributed by atoms with van der Waals surface area (Å²) in [6, 6.07) is 2.91. The molecule has 2 aromatic heterocycles. The van der Waals surface area contributed by atoms with Gasteiger partial charge in [0.15, 0.2) is 11.6 Å². The summed E-state index contributed by atoms with van der Waals surface area (Å²) in [7, 11) is 0. The second kappa shape index (κ2) is 3.20. The zero-order valence-corrected chi connectivity index (χ0v) is 7.97. The van der Waals surface area contributed by atoms with Crippen LogP contribution in [-0.4, -0.2) is 26.2 Å². The van der Waals surface area contributed by atoms with Crippen LogP contribution in [0.5, 0.6) is 0 Å². The smallest absolute Gasteiger partial charge is 0.335 e. The van der Waals surface area contributed by atoms with Crippen molar-refractivity contribution in [1.29, 1.82) is 0 Å². The standard InChI is InChI=1S/C10H8N2O3/c1-6(13)9-11-5-8-4-7(10(14)15)2-3-12(8)9/h2-5H,1H3,(H,14,15). The molecule has 0 bridgehead atoms. The maximum absolute atomic E-state index is 11.1. The van der Waals surface area contributed by atoms with E-state index in [1.807, 2.05) is 0 Å². The summed E-state index contributed by atoms with van der Waals surface area (Å²) in [5, 5.41) is 8.76. The summed E-state index contributed by atoms with van der Waals surface area (Å²) in [6.07, 6.45) is 3.01. The molecule has 0 radical (unpaired) electrons. The Hall–Kier alpha value is -2.17. The highest BCUT2D eigenvalue weighted by molar-refractivity contribution is 5.93. The van der Waals surface area contributed by atoms with Crippen molar-refractivity contribution in [1.82, 2.24) is 9.38 Å². The maximum Gasteiger partial charge on any atom is 0.335 e. The average molecular weight is 204 g/mol. The van der Waals surface area contributed by atoms with Gasteiger partial charge in [0.25, 0.3) is 0 Å². The average Bonchev–Trinajstić information content (AvgIpc) is 2.59. The van der Waals surface area contributed by atoms with E-state index in [0.29, 0.717) is 11.3 Å². The van der Waals surface area contributed by atoms with Gasteiger partial charge in [-0.3, -0.25) is 9.20 Å². The van der Waals surface area contributed by atoms with Crippen LogP contribution in [0.3, 0.4) is 0 Å². The first-order chi connectivity index (χ1) is 7.09. The number of pyridine rings is 1. The van der Waals surface area contributed by atoms with E-state index >= 15 is 0 Å². The molecule has 2 rings (SSSR count). The predicted octanol–water partition coefficient (Wildman–Crippen LogP) is 1.24. The van der Waals surface area contributed by atoms with Crippen molar-refractivity contribution in [2.75, 3.05) is 0 Å². The fourth-order valence-electron chi connectivity index (χ4n) is 1.39. The molecule has 2 heterocycles. The van der Waals surface area contributed by atoms with Crippen LogP contribution in [0.2, 0.25) is 0 Å². The van der Waals surface area contributed by atoms with Gasteiger partial charge in [0, 0.05) is 13.1 Å². The first-order valence-corrected chi connectivity index (χ1v) is 4.31. The van der Waals surface area contributed by atoms with E-state index in [1.165, 1.54) is 31.5 Å². The maximum atomic E-state index is 11.1. The molecule has 0 saturated carbocycles. The van der Waals surface area contributed by atoms with E-state index in [0.717, 1.165) is 0 Å². The SMILES string of the molecule is CC(=O)c1ncc2cc(C(=O)O)ccn12. The second-order valence-electron chi connectivity index (χ2n) is 3.15. The molecule has 5 heteroatoms. The summed E-state index contributed by atoms with van der Waals surface area (Å²) in [5.74, 6) is -0.844. The van der Waals surface area contributed by atoms with Gasteiger partial charge in [0.05, 0.1) is 17.3 Å². The van der Waals surface area contributed by atoms with Crippen LogP contribution < -0.4 is 0 Å². The number of hydrogen-bond donors (Lipinski definition) is 1. The van der Waals surface area contributed by atoms with Crippen LogP contribution in [0, 0.1) is 0 Å². The number of Topliss-reactive ketones (excluding diaryl/α,β-unsaturated/α-hetero) is 1. The molecule has 15 heavy (non-hydrogen) atoms. The normalized spacial score (nSPS) is 10.5. The quantitative estimate of drug-likeness (QED) is 0.747. The lowest BCUT2D eigenvalue weighted by molar-refractivity contribution is 0.0696. The Morgan fingerprint density at radius 1 is 1.47 bits per heavy atom. The summed E-state index contributed by atoms with van der Waals surface area (Å²) >= 11 is 0. The summed E-state index contributed by atoms with van der Waals surface area (Å²) in [5.41, 5.74) is 0.776. The monoisotopic (exact) mass is 204 g/mol. The molecule has 76 valence electrons. The van der Waals surface area contributed by atoms with Gasteiger partial charge in [0.1, 0.15) is 0 Å². The van der Waals surface area contributed by atoms with E-state index in [2.05, 4.69) is 4.98 Å². The Morgan fingerprint density at radius 2 is 2.20 bits per heavy atom. The number of fused-ring (bicyclic) bond motifs is 1. The van der Waals surface area contributed by atoms with Gasteiger partial charge >= 0.3 is 5.97 Å². The van der Waals surface area contributed by atoms with Gasteiger partial charge in [-0.05, 0) is 12.1 Å². The van der Waals surface area contributed by atoms with Crippen molar-refractivity contribution in [2.24, 2.45) is 0 Å². The van der Waals surface area contributed by atoms with Crippen molar-refractivity contribution in [3.63, 3.8) is 0 Å². The Morgan fingerprint density at radius 3 is 2.80 bits per heavy atom. The predicted molar refractivity (Wildman–Crippen MR) is 52.2 cm³/mol. The third-order valence-corrected chi connectivity index (χ3v) is 2.09. The van der Waals surface area contributed by atoms with E-state index in [1.54, 1.807) is 4.40 Å². The van der Waals surface area contributed by atoms with Crippen LogP contribution >= 0.6 is 0 Å². The van der Waals surface area contributed by atoms with E-state index in [9.17, 15) is 9.59 Å². The molecule has 0 saturated heterocycles. The van der Waals surface area contributed by atoms with Crippen molar-refractivity contribution in [3.05, 3.63) is 35.9 Å². The van der Waals surface area contributed by atoms with Gasteiger partial charge in [-0.1, -0.05) is 0 Å². The zero-order valence-electron chi connectivity index (χ0n) is 7.97. The molecule has 0 unspecified atom stereocenters. The molecule has 0 aliphatic heterocycles. The summed E-state index contributed by atoms with van der Waals surface area (Å²) < 4.78 is 1.56. The first-order valence-electron chi connectivity index (χ1n) is 4.31. The molecule has 0 amide bonds. The van der Waals surface area contributed by atoms with Gasteiger partial charge in [0.2, 0.25) is 0 Å². The minimum atomic E-state index is -0.997. The molecule has 0 aromatic carbocycles. The molecule has 1 N–H and O–H groups in total. The number of carbonyl (C=O) groups is 2. The van der Waals surface area contributed by atoms with Crippen molar-refractivity contribution < 1.29 is 14.7 Å². The summed E-state index contributed by atoms with van der Waals surface area (Å²) in [6.45, 7) is 1.42. The molecule has 0 aliphatic rings. The van der Waals surface area contributed by atoms with Crippen molar-refractivity contribution in [2.45, 2.75) is 6.92 Å². The Balaban J connectivity index is 2.66. The zero-order chi connectivity index (χ0) is 11.0. The highest BCUT2D eigenvalue weighted by Crippen LogP contribution is 2.10. The molecule has 0 fully saturated rings. The molecular weight excluding hydrogens is 196 g/mol.